The minimum absolute atomic E-state index is 0.582. The van der Waals surface area contributed by atoms with Crippen molar-refractivity contribution < 1.29 is 9.47 Å². The number of rotatable bonds is 5. The molecular formula is C19H19ClN2O2. The molecule has 4 nitrogen and oxygen atoms in total. The summed E-state index contributed by atoms with van der Waals surface area (Å²) in [5.41, 5.74) is 3.03. The molecular weight excluding hydrogens is 324 g/mol. The Balaban J connectivity index is 1.89. The van der Waals surface area contributed by atoms with Gasteiger partial charge in [-0.15, -0.1) is 0 Å². The molecule has 0 fully saturated rings. The van der Waals surface area contributed by atoms with Crippen molar-refractivity contribution in [3.8, 4) is 11.5 Å². The van der Waals surface area contributed by atoms with Crippen molar-refractivity contribution in [1.82, 2.24) is 4.98 Å². The average molecular weight is 343 g/mol. The summed E-state index contributed by atoms with van der Waals surface area (Å²) >= 11 is 6.08. The summed E-state index contributed by atoms with van der Waals surface area (Å²) in [5.74, 6) is 2.24. The number of hydrogen-bond acceptors (Lipinski definition) is 4. The van der Waals surface area contributed by atoms with Crippen molar-refractivity contribution in [2.75, 3.05) is 19.5 Å². The normalized spacial score (nSPS) is 10.7. The van der Waals surface area contributed by atoms with Gasteiger partial charge in [-0.25, -0.2) is 4.98 Å². The quantitative estimate of drug-likeness (QED) is 0.721. The molecule has 0 bridgehead atoms. The molecule has 3 rings (SSSR count). The van der Waals surface area contributed by atoms with E-state index in [9.17, 15) is 0 Å². The lowest BCUT2D eigenvalue weighted by molar-refractivity contribution is 0.352. The lowest BCUT2D eigenvalue weighted by Crippen LogP contribution is -2.04. The zero-order chi connectivity index (χ0) is 17.1. The summed E-state index contributed by atoms with van der Waals surface area (Å²) in [6.45, 7) is 2.65. The van der Waals surface area contributed by atoms with Crippen LogP contribution in [0.1, 0.15) is 11.1 Å². The SMILES string of the molecule is COc1cccc(CNc2cc(C)c3ccc(Cl)cc3n2)c1OC. The molecule has 0 aliphatic heterocycles. The van der Waals surface area contributed by atoms with E-state index in [1.165, 1.54) is 0 Å². The molecule has 124 valence electrons. The molecule has 0 radical (unpaired) electrons. The Morgan fingerprint density at radius 3 is 2.67 bits per heavy atom. The Hall–Kier alpha value is -2.46. The van der Waals surface area contributed by atoms with Gasteiger partial charge in [-0.1, -0.05) is 29.8 Å². The van der Waals surface area contributed by atoms with Crippen LogP contribution in [0.25, 0.3) is 10.9 Å². The molecule has 1 aromatic heterocycles. The second kappa shape index (κ2) is 6.97. The van der Waals surface area contributed by atoms with Crippen molar-refractivity contribution >= 4 is 28.3 Å². The zero-order valence-corrected chi connectivity index (χ0v) is 14.6. The van der Waals surface area contributed by atoms with Gasteiger partial charge in [-0.3, -0.25) is 0 Å². The van der Waals surface area contributed by atoms with Crippen molar-refractivity contribution in [2.45, 2.75) is 13.5 Å². The second-order valence-corrected chi connectivity index (χ2v) is 5.93. The second-order valence-electron chi connectivity index (χ2n) is 5.49. The van der Waals surface area contributed by atoms with Gasteiger partial charge in [0.2, 0.25) is 0 Å². The maximum Gasteiger partial charge on any atom is 0.165 e. The molecule has 0 unspecified atom stereocenters. The number of aromatic nitrogens is 1. The fourth-order valence-electron chi connectivity index (χ4n) is 2.74. The molecule has 0 aliphatic rings. The predicted molar refractivity (Wildman–Crippen MR) is 98.4 cm³/mol. The Kier molecular flexibility index (Phi) is 4.76. The fourth-order valence-corrected chi connectivity index (χ4v) is 2.91. The van der Waals surface area contributed by atoms with Gasteiger partial charge in [-0.2, -0.15) is 0 Å². The van der Waals surface area contributed by atoms with Gasteiger partial charge in [0.15, 0.2) is 11.5 Å². The highest BCUT2D eigenvalue weighted by molar-refractivity contribution is 6.31. The molecule has 0 spiro atoms. The van der Waals surface area contributed by atoms with E-state index in [2.05, 4.69) is 17.2 Å². The van der Waals surface area contributed by atoms with Crippen LogP contribution in [-0.2, 0) is 6.54 Å². The first-order valence-electron chi connectivity index (χ1n) is 7.63. The molecule has 0 saturated carbocycles. The standard InChI is InChI=1S/C19H19ClN2O2/c1-12-9-18(22-16-10-14(20)7-8-15(12)16)21-11-13-5-4-6-17(23-2)19(13)24-3/h4-10H,11H2,1-3H3,(H,21,22). The third-order valence-electron chi connectivity index (χ3n) is 3.92. The summed E-state index contributed by atoms with van der Waals surface area (Å²) in [6, 6.07) is 13.6. The maximum atomic E-state index is 6.08. The first kappa shape index (κ1) is 16.4. The summed E-state index contributed by atoms with van der Waals surface area (Å²) in [6.07, 6.45) is 0. The number of nitrogens with one attached hydrogen (secondary N) is 1. The van der Waals surface area contributed by atoms with Crippen LogP contribution < -0.4 is 14.8 Å². The number of hydrogen-bond donors (Lipinski definition) is 1. The number of para-hydroxylation sites is 1. The van der Waals surface area contributed by atoms with Crippen LogP contribution in [0, 0.1) is 6.92 Å². The molecule has 1 heterocycles. The lowest BCUT2D eigenvalue weighted by atomic mass is 10.1. The van der Waals surface area contributed by atoms with E-state index in [0.29, 0.717) is 17.3 Å². The van der Waals surface area contributed by atoms with E-state index in [-0.39, 0.29) is 0 Å². The highest BCUT2D eigenvalue weighted by Crippen LogP contribution is 2.31. The number of pyridine rings is 1. The summed E-state index contributed by atoms with van der Waals surface area (Å²) < 4.78 is 10.8. The lowest BCUT2D eigenvalue weighted by Gasteiger charge is -2.14. The van der Waals surface area contributed by atoms with E-state index in [4.69, 9.17) is 21.1 Å². The van der Waals surface area contributed by atoms with Crippen LogP contribution in [0.4, 0.5) is 5.82 Å². The number of aryl methyl sites for hydroxylation is 1. The Bertz CT molecular complexity index is 881. The molecule has 3 aromatic rings. The molecule has 1 N–H and O–H groups in total. The van der Waals surface area contributed by atoms with E-state index >= 15 is 0 Å². The highest BCUT2D eigenvalue weighted by atomic mass is 35.5. The minimum atomic E-state index is 0.582. The number of benzene rings is 2. The number of methoxy groups -OCH3 is 2. The van der Waals surface area contributed by atoms with Gasteiger partial charge < -0.3 is 14.8 Å². The van der Waals surface area contributed by atoms with Gasteiger partial charge in [0.25, 0.3) is 0 Å². The molecule has 5 heteroatoms. The third kappa shape index (κ3) is 3.24. The summed E-state index contributed by atoms with van der Waals surface area (Å²) in [5, 5.41) is 5.13. The van der Waals surface area contributed by atoms with Crippen molar-refractivity contribution in [1.29, 1.82) is 0 Å². The summed E-state index contributed by atoms with van der Waals surface area (Å²) in [7, 11) is 3.27. The fraction of sp³-hybridized carbons (Fsp3) is 0.211. The largest absolute Gasteiger partial charge is 0.493 e. The molecule has 0 atom stereocenters. The third-order valence-corrected chi connectivity index (χ3v) is 4.16. The Labute approximate surface area is 146 Å². The number of halogens is 1. The van der Waals surface area contributed by atoms with E-state index in [1.54, 1.807) is 14.2 Å². The van der Waals surface area contributed by atoms with E-state index < -0.39 is 0 Å². The first-order chi connectivity index (χ1) is 11.6. The van der Waals surface area contributed by atoms with Gasteiger partial charge in [0.05, 0.1) is 19.7 Å². The smallest absolute Gasteiger partial charge is 0.165 e. The number of fused-ring (bicyclic) bond motifs is 1. The molecule has 2 aromatic carbocycles. The predicted octanol–water partition coefficient (Wildman–Crippen LogP) is 4.83. The van der Waals surface area contributed by atoms with Crippen LogP contribution in [0.5, 0.6) is 11.5 Å². The van der Waals surface area contributed by atoms with Gasteiger partial charge in [0, 0.05) is 22.5 Å². The van der Waals surface area contributed by atoms with Gasteiger partial charge in [0.1, 0.15) is 5.82 Å². The average Bonchev–Trinajstić information content (AvgIpc) is 2.59. The van der Waals surface area contributed by atoms with Crippen LogP contribution in [-0.4, -0.2) is 19.2 Å². The number of anilines is 1. The van der Waals surface area contributed by atoms with Crippen LogP contribution in [0.3, 0.4) is 0 Å². The van der Waals surface area contributed by atoms with Crippen LogP contribution >= 0.6 is 11.6 Å². The van der Waals surface area contributed by atoms with Gasteiger partial charge in [-0.05, 0) is 36.8 Å². The maximum absolute atomic E-state index is 6.08. The molecule has 0 amide bonds. The van der Waals surface area contributed by atoms with E-state index in [1.807, 2.05) is 42.5 Å². The number of nitrogens with zero attached hydrogens (tertiary/aromatic N) is 1. The highest BCUT2D eigenvalue weighted by Gasteiger charge is 2.10. The number of ether oxygens (including phenoxy) is 2. The minimum Gasteiger partial charge on any atom is -0.493 e. The van der Waals surface area contributed by atoms with Crippen LogP contribution in [0.2, 0.25) is 5.02 Å². The first-order valence-corrected chi connectivity index (χ1v) is 8.01. The topological polar surface area (TPSA) is 43.4 Å². The van der Waals surface area contributed by atoms with Crippen LogP contribution in [0.15, 0.2) is 42.5 Å². The molecule has 0 aliphatic carbocycles. The van der Waals surface area contributed by atoms with Crippen molar-refractivity contribution in [2.24, 2.45) is 0 Å². The van der Waals surface area contributed by atoms with E-state index in [0.717, 1.165) is 33.6 Å². The van der Waals surface area contributed by atoms with Crippen molar-refractivity contribution in [3.05, 3.63) is 58.6 Å². The van der Waals surface area contributed by atoms with Gasteiger partial charge >= 0.3 is 0 Å². The molecule has 0 saturated heterocycles. The van der Waals surface area contributed by atoms with Crippen molar-refractivity contribution in [3.63, 3.8) is 0 Å². The molecule has 24 heavy (non-hydrogen) atoms. The zero-order valence-electron chi connectivity index (χ0n) is 13.9. The monoisotopic (exact) mass is 342 g/mol. The Morgan fingerprint density at radius 1 is 1.08 bits per heavy atom. The Morgan fingerprint density at radius 2 is 1.92 bits per heavy atom. The summed E-state index contributed by atoms with van der Waals surface area (Å²) in [4.78, 5) is 4.64.